The number of aromatic nitrogens is 1. The monoisotopic (exact) mass is 616 g/mol. The van der Waals surface area contributed by atoms with Crippen LogP contribution < -0.4 is 15.4 Å². The number of nitrogens with one attached hydrogen (secondary N) is 2. The van der Waals surface area contributed by atoms with E-state index in [4.69, 9.17) is 4.74 Å². The number of amides is 6. The van der Waals surface area contributed by atoms with Crippen molar-refractivity contribution >= 4 is 35.4 Å². The summed E-state index contributed by atoms with van der Waals surface area (Å²) < 4.78 is 5.59. The van der Waals surface area contributed by atoms with Gasteiger partial charge in [0.05, 0.1) is 6.61 Å². The molecular weight excluding hydrogens is 580 g/mol. The fourth-order valence-corrected chi connectivity index (χ4v) is 6.31. The Hall–Kier alpha value is -5.07. The Morgan fingerprint density at radius 2 is 1.93 bits per heavy atom. The molecule has 0 aliphatic carbocycles. The Morgan fingerprint density at radius 1 is 1.18 bits per heavy atom. The molecule has 0 radical (unpaired) electrons. The van der Waals surface area contributed by atoms with Crippen molar-refractivity contribution in [3.05, 3.63) is 71.4 Å². The number of pyridine rings is 1. The van der Waals surface area contributed by atoms with E-state index < -0.39 is 47.7 Å². The van der Waals surface area contributed by atoms with Crippen LogP contribution in [0.2, 0.25) is 0 Å². The minimum Gasteiger partial charge on any atom is -0.478 e. The summed E-state index contributed by atoms with van der Waals surface area (Å²) in [6.07, 6.45) is 3.86. The van der Waals surface area contributed by atoms with Crippen LogP contribution in [0.5, 0.6) is 5.88 Å². The van der Waals surface area contributed by atoms with Crippen LogP contribution in [-0.4, -0.2) is 94.0 Å². The van der Waals surface area contributed by atoms with Crippen molar-refractivity contribution in [2.24, 2.45) is 0 Å². The van der Waals surface area contributed by atoms with E-state index in [1.165, 1.54) is 29.1 Å². The maximum absolute atomic E-state index is 14.8. The Bertz CT molecular complexity index is 1550. The molecule has 0 saturated carbocycles. The molecule has 236 valence electrons. The number of imide groups is 1. The topological polar surface area (TPSA) is 158 Å². The molecule has 2 aromatic rings. The second kappa shape index (κ2) is 13.3. The van der Waals surface area contributed by atoms with Gasteiger partial charge in [-0.2, -0.15) is 0 Å². The summed E-state index contributed by atoms with van der Waals surface area (Å²) in [6.45, 7) is 6.45. The molecule has 3 aliphatic rings. The van der Waals surface area contributed by atoms with Gasteiger partial charge in [0.1, 0.15) is 12.1 Å². The second-order valence-electron chi connectivity index (χ2n) is 11.1. The van der Waals surface area contributed by atoms with Crippen molar-refractivity contribution in [1.82, 2.24) is 30.3 Å². The highest BCUT2D eigenvalue weighted by atomic mass is 16.5. The third kappa shape index (κ3) is 6.15. The summed E-state index contributed by atoms with van der Waals surface area (Å²) >= 11 is 0. The Balaban J connectivity index is 1.55. The van der Waals surface area contributed by atoms with Gasteiger partial charge in [-0.1, -0.05) is 12.6 Å². The van der Waals surface area contributed by atoms with Crippen LogP contribution >= 0.6 is 0 Å². The van der Waals surface area contributed by atoms with Gasteiger partial charge in [0, 0.05) is 62.5 Å². The standard InChI is InChI=1S/C32H36N6O7/c1-4-27(40)36-15-12-20(13-16-36)38(28(30(42)33-3)19-11-14-34-26(17-19)45-5-2)32(44)22-8-6-7-21-23(22)18-37(31(21)43)24-9-10-25(39)35-29(24)41/h4,6-8,11,14,17,20,24,28H,1,5,9-10,12-13,15-16,18H2,2-3H3,(H,33,42)(H,35,39,41). The number of likely N-dealkylation sites (tertiary alicyclic amines) is 1. The van der Waals surface area contributed by atoms with E-state index in [0.29, 0.717) is 49.5 Å². The van der Waals surface area contributed by atoms with Crippen LogP contribution in [0.3, 0.4) is 0 Å². The molecule has 2 unspecified atom stereocenters. The molecule has 13 heteroatoms. The first kappa shape index (κ1) is 31.4. The molecule has 45 heavy (non-hydrogen) atoms. The van der Waals surface area contributed by atoms with E-state index in [0.717, 1.165) is 0 Å². The first-order valence-electron chi connectivity index (χ1n) is 15.0. The molecule has 13 nitrogen and oxygen atoms in total. The van der Waals surface area contributed by atoms with Gasteiger partial charge in [-0.25, -0.2) is 4.98 Å². The lowest BCUT2D eigenvalue weighted by atomic mass is 9.94. The summed E-state index contributed by atoms with van der Waals surface area (Å²) in [7, 11) is 1.49. The Morgan fingerprint density at radius 3 is 2.60 bits per heavy atom. The minimum absolute atomic E-state index is 0.00311. The molecule has 2 N–H and O–H groups in total. The Labute approximate surface area is 260 Å². The fourth-order valence-electron chi connectivity index (χ4n) is 6.31. The van der Waals surface area contributed by atoms with Crippen LogP contribution in [-0.2, 0) is 25.7 Å². The van der Waals surface area contributed by atoms with Crippen molar-refractivity contribution < 1.29 is 33.5 Å². The molecular formula is C32H36N6O7. The van der Waals surface area contributed by atoms with Gasteiger partial charge in [-0.05, 0) is 61.6 Å². The number of likely N-dealkylation sites (N-methyl/N-ethyl adjacent to an activating group) is 1. The normalized spacial score (nSPS) is 19.0. The van der Waals surface area contributed by atoms with E-state index in [1.54, 1.807) is 35.2 Å². The van der Waals surface area contributed by atoms with Crippen molar-refractivity contribution in [3.8, 4) is 5.88 Å². The van der Waals surface area contributed by atoms with E-state index in [1.807, 2.05) is 6.92 Å². The van der Waals surface area contributed by atoms with Gasteiger partial charge in [0.15, 0.2) is 0 Å². The number of carbonyl (C=O) groups is 6. The van der Waals surface area contributed by atoms with Gasteiger partial charge >= 0.3 is 0 Å². The highest BCUT2D eigenvalue weighted by Gasteiger charge is 2.43. The lowest BCUT2D eigenvalue weighted by Crippen LogP contribution is -2.53. The van der Waals surface area contributed by atoms with Crippen LogP contribution in [0, 0.1) is 0 Å². The van der Waals surface area contributed by atoms with Crippen molar-refractivity contribution in [2.75, 3.05) is 26.7 Å². The molecule has 2 atom stereocenters. The van der Waals surface area contributed by atoms with E-state index in [-0.39, 0.29) is 36.4 Å². The summed E-state index contributed by atoms with van der Waals surface area (Å²) in [4.78, 5) is 87.4. The third-order valence-electron chi connectivity index (χ3n) is 8.53. The number of carbonyl (C=O) groups excluding carboxylic acids is 6. The highest BCUT2D eigenvalue weighted by Crippen LogP contribution is 2.35. The van der Waals surface area contributed by atoms with Crippen molar-refractivity contribution in [3.63, 3.8) is 0 Å². The second-order valence-corrected chi connectivity index (χ2v) is 11.1. The lowest BCUT2D eigenvalue weighted by molar-refractivity contribution is -0.137. The van der Waals surface area contributed by atoms with Gasteiger partial charge in [-0.3, -0.25) is 34.1 Å². The number of hydrogen-bond acceptors (Lipinski definition) is 8. The molecule has 5 rings (SSSR count). The maximum atomic E-state index is 14.8. The molecule has 0 spiro atoms. The predicted octanol–water partition coefficient (Wildman–Crippen LogP) is 1.35. The molecule has 2 saturated heterocycles. The number of ether oxygens (including phenoxy) is 1. The van der Waals surface area contributed by atoms with Crippen molar-refractivity contribution in [1.29, 1.82) is 0 Å². The predicted molar refractivity (Wildman–Crippen MR) is 161 cm³/mol. The molecule has 1 aromatic carbocycles. The smallest absolute Gasteiger partial charge is 0.255 e. The van der Waals surface area contributed by atoms with E-state index >= 15 is 0 Å². The van der Waals surface area contributed by atoms with Gasteiger partial charge in [-0.15, -0.1) is 0 Å². The number of benzene rings is 1. The Kier molecular flexibility index (Phi) is 9.26. The summed E-state index contributed by atoms with van der Waals surface area (Å²) in [5, 5.41) is 4.98. The average Bonchev–Trinajstić information content (AvgIpc) is 3.38. The highest BCUT2D eigenvalue weighted by molar-refractivity contribution is 6.08. The average molecular weight is 617 g/mol. The number of fused-ring (bicyclic) bond motifs is 1. The molecule has 3 aliphatic heterocycles. The summed E-state index contributed by atoms with van der Waals surface area (Å²) in [5.74, 6) is -2.17. The zero-order chi connectivity index (χ0) is 32.2. The molecule has 6 amide bonds. The third-order valence-corrected chi connectivity index (χ3v) is 8.53. The molecule has 2 fully saturated rings. The van der Waals surface area contributed by atoms with Gasteiger partial charge in [0.25, 0.3) is 11.8 Å². The number of rotatable bonds is 9. The quantitative estimate of drug-likeness (QED) is 0.316. The molecule has 0 bridgehead atoms. The van der Waals surface area contributed by atoms with Crippen LogP contribution in [0.4, 0.5) is 0 Å². The number of piperidine rings is 2. The molecule has 1 aromatic heterocycles. The summed E-state index contributed by atoms with van der Waals surface area (Å²) in [5.41, 5.74) is 1.45. The largest absolute Gasteiger partial charge is 0.478 e. The van der Waals surface area contributed by atoms with E-state index in [2.05, 4.69) is 22.2 Å². The minimum atomic E-state index is -1.09. The SMILES string of the molecule is C=CC(=O)N1CCC(N(C(=O)c2cccc3c2CN(C2CCC(=O)NC2=O)C3=O)C(C(=O)NC)c2ccnc(OCC)c2)CC1. The van der Waals surface area contributed by atoms with E-state index in [9.17, 15) is 28.8 Å². The molecule has 4 heterocycles. The maximum Gasteiger partial charge on any atom is 0.255 e. The first-order valence-corrected chi connectivity index (χ1v) is 15.0. The zero-order valence-electron chi connectivity index (χ0n) is 25.3. The summed E-state index contributed by atoms with van der Waals surface area (Å²) in [6, 6.07) is 5.73. The van der Waals surface area contributed by atoms with Crippen LogP contribution in [0.15, 0.2) is 49.2 Å². The lowest BCUT2D eigenvalue weighted by Gasteiger charge is -2.42. The first-order chi connectivity index (χ1) is 21.7. The fraction of sp³-hybridized carbons (Fsp3) is 0.406. The number of nitrogens with zero attached hydrogens (tertiary/aromatic N) is 4. The number of hydrogen-bond donors (Lipinski definition) is 2. The van der Waals surface area contributed by atoms with Crippen molar-refractivity contribution in [2.45, 2.75) is 57.3 Å². The van der Waals surface area contributed by atoms with Gasteiger partial charge in [0.2, 0.25) is 29.5 Å². The van der Waals surface area contributed by atoms with Crippen LogP contribution in [0.1, 0.15) is 70.5 Å². The van der Waals surface area contributed by atoms with Gasteiger partial charge < -0.3 is 24.8 Å². The zero-order valence-corrected chi connectivity index (χ0v) is 25.3. The van der Waals surface area contributed by atoms with Crippen LogP contribution in [0.25, 0.3) is 0 Å².